The van der Waals surface area contributed by atoms with Crippen LogP contribution >= 0.6 is 0 Å². The van der Waals surface area contributed by atoms with Crippen molar-refractivity contribution in [3.8, 4) is 0 Å². The Morgan fingerprint density at radius 3 is 2.75 bits per heavy atom. The number of rotatable bonds is 6. The van der Waals surface area contributed by atoms with Gasteiger partial charge in [0.2, 0.25) is 0 Å². The first-order valence-electron chi connectivity index (χ1n) is 7.63. The Hall–Kier alpha value is -2.97. The number of fused-ring (bicyclic) bond motifs is 1. The van der Waals surface area contributed by atoms with E-state index in [2.05, 4.69) is 20.9 Å². The van der Waals surface area contributed by atoms with E-state index in [0.717, 1.165) is 11.9 Å². The summed E-state index contributed by atoms with van der Waals surface area (Å²) >= 11 is 0. The van der Waals surface area contributed by atoms with Gasteiger partial charge in [-0.25, -0.2) is 14.3 Å². The molecule has 24 heavy (non-hydrogen) atoms. The first-order chi connectivity index (χ1) is 11.5. The fraction of sp³-hybridized carbons (Fsp3) is 0.400. The Balaban J connectivity index is 1.90. The summed E-state index contributed by atoms with van der Waals surface area (Å²) < 4.78 is 6.59. The highest BCUT2D eigenvalue weighted by Gasteiger charge is 2.14. The van der Waals surface area contributed by atoms with Crippen molar-refractivity contribution >= 4 is 28.9 Å². The number of aromatic nitrogens is 3. The molecule has 0 unspecified atom stereocenters. The maximum Gasteiger partial charge on any atom is 0.338 e. The second-order valence-corrected chi connectivity index (χ2v) is 4.99. The molecule has 2 rings (SSSR count). The van der Waals surface area contributed by atoms with Gasteiger partial charge in [-0.3, -0.25) is 10.1 Å². The van der Waals surface area contributed by atoms with Crippen molar-refractivity contribution in [3.63, 3.8) is 0 Å². The van der Waals surface area contributed by atoms with Crippen molar-refractivity contribution in [2.75, 3.05) is 13.2 Å². The van der Waals surface area contributed by atoms with E-state index in [1.165, 1.54) is 0 Å². The number of benzene rings is 1. The highest BCUT2D eigenvalue weighted by molar-refractivity contribution is 5.98. The van der Waals surface area contributed by atoms with Gasteiger partial charge in [-0.05, 0) is 31.5 Å². The van der Waals surface area contributed by atoms with E-state index in [9.17, 15) is 14.4 Å². The molecule has 2 aromatic rings. The first-order valence-corrected chi connectivity index (χ1v) is 7.63. The lowest BCUT2D eigenvalue weighted by molar-refractivity contribution is -0.123. The molecule has 0 saturated carbocycles. The van der Waals surface area contributed by atoms with Crippen molar-refractivity contribution in [2.24, 2.45) is 0 Å². The van der Waals surface area contributed by atoms with Crippen molar-refractivity contribution in [2.45, 2.75) is 26.8 Å². The Morgan fingerprint density at radius 2 is 2.04 bits per heavy atom. The Morgan fingerprint density at radius 1 is 1.25 bits per heavy atom. The number of hydrogen-bond donors (Lipinski definition) is 2. The van der Waals surface area contributed by atoms with Crippen molar-refractivity contribution in [1.82, 2.24) is 25.6 Å². The molecular formula is C15H19N5O4. The number of esters is 1. The van der Waals surface area contributed by atoms with Gasteiger partial charge in [0, 0.05) is 13.1 Å². The molecule has 9 nitrogen and oxygen atoms in total. The number of ether oxygens (including phenoxy) is 1. The molecule has 9 heteroatoms. The van der Waals surface area contributed by atoms with Crippen LogP contribution in [-0.2, 0) is 16.1 Å². The van der Waals surface area contributed by atoms with Gasteiger partial charge in [0.25, 0.3) is 5.91 Å². The Kier molecular flexibility index (Phi) is 5.83. The topological polar surface area (TPSA) is 115 Å². The van der Waals surface area contributed by atoms with Crippen LogP contribution in [0.15, 0.2) is 18.2 Å². The van der Waals surface area contributed by atoms with Crippen LogP contribution < -0.4 is 10.6 Å². The SMILES string of the molecule is CCCNC(=O)NC(=O)COC(=O)c1ccc2c(c1)nnn2CC. The molecule has 0 aliphatic heterocycles. The summed E-state index contributed by atoms with van der Waals surface area (Å²) in [5.74, 6) is -1.37. The van der Waals surface area contributed by atoms with Gasteiger partial charge >= 0.3 is 12.0 Å². The highest BCUT2D eigenvalue weighted by Crippen LogP contribution is 2.14. The molecule has 1 aromatic carbocycles. The normalized spacial score (nSPS) is 10.4. The fourth-order valence-electron chi connectivity index (χ4n) is 1.99. The molecule has 2 N–H and O–H groups in total. The van der Waals surface area contributed by atoms with Crippen molar-refractivity contribution in [1.29, 1.82) is 0 Å². The number of carbonyl (C=O) groups excluding carboxylic acids is 3. The number of urea groups is 1. The van der Waals surface area contributed by atoms with Crippen LogP contribution in [0.3, 0.4) is 0 Å². The van der Waals surface area contributed by atoms with Crippen molar-refractivity contribution < 1.29 is 19.1 Å². The number of hydrogen-bond acceptors (Lipinski definition) is 6. The summed E-state index contributed by atoms with van der Waals surface area (Å²) in [7, 11) is 0. The van der Waals surface area contributed by atoms with Gasteiger partial charge in [-0.15, -0.1) is 5.10 Å². The lowest BCUT2D eigenvalue weighted by Crippen LogP contribution is -2.41. The summed E-state index contributed by atoms with van der Waals surface area (Å²) in [6, 6.07) is 4.22. The van der Waals surface area contributed by atoms with Crippen LogP contribution in [0.5, 0.6) is 0 Å². The van der Waals surface area contributed by atoms with E-state index < -0.39 is 24.5 Å². The molecule has 0 saturated heterocycles. The maximum atomic E-state index is 12.0. The van der Waals surface area contributed by atoms with E-state index in [4.69, 9.17) is 4.74 Å². The third kappa shape index (κ3) is 4.28. The van der Waals surface area contributed by atoms with Crippen LogP contribution in [0.25, 0.3) is 11.0 Å². The zero-order valence-corrected chi connectivity index (χ0v) is 13.5. The molecule has 0 fully saturated rings. The molecule has 128 valence electrons. The average Bonchev–Trinajstić information content (AvgIpc) is 3.00. The Bertz CT molecular complexity index is 755. The largest absolute Gasteiger partial charge is 0.452 e. The number of nitrogens with zero attached hydrogens (tertiary/aromatic N) is 3. The monoisotopic (exact) mass is 333 g/mol. The number of imide groups is 1. The van der Waals surface area contributed by atoms with Gasteiger partial charge in [0.1, 0.15) is 5.52 Å². The molecular weight excluding hydrogens is 314 g/mol. The minimum atomic E-state index is -0.699. The van der Waals surface area contributed by atoms with Gasteiger partial charge in [0.05, 0.1) is 11.1 Å². The van der Waals surface area contributed by atoms with E-state index in [0.29, 0.717) is 18.6 Å². The number of aryl methyl sites for hydroxylation is 1. The number of carbonyl (C=O) groups is 3. The molecule has 0 atom stereocenters. The predicted molar refractivity (Wildman–Crippen MR) is 85.3 cm³/mol. The molecule has 0 aliphatic rings. The van der Waals surface area contributed by atoms with Gasteiger partial charge in [-0.1, -0.05) is 12.1 Å². The molecule has 0 aliphatic carbocycles. The summed E-state index contributed by atoms with van der Waals surface area (Å²) in [6.45, 7) is 4.40. The summed E-state index contributed by atoms with van der Waals surface area (Å²) in [6.07, 6.45) is 0.752. The van der Waals surface area contributed by atoms with Crippen LogP contribution in [0.1, 0.15) is 30.6 Å². The second-order valence-electron chi connectivity index (χ2n) is 4.99. The second kappa shape index (κ2) is 8.04. The zero-order valence-electron chi connectivity index (χ0n) is 13.5. The minimum Gasteiger partial charge on any atom is -0.452 e. The molecule has 1 heterocycles. The van der Waals surface area contributed by atoms with E-state index in [1.807, 2.05) is 13.8 Å². The molecule has 3 amide bonds. The Labute approximate surface area is 138 Å². The van der Waals surface area contributed by atoms with Crippen molar-refractivity contribution in [3.05, 3.63) is 23.8 Å². The van der Waals surface area contributed by atoms with Gasteiger partial charge in [-0.2, -0.15) is 0 Å². The average molecular weight is 333 g/mol. The predicted octanol–water partition coefficient (Wildman–Crippen LogP) is 0.844. The van der Waals surface area contributed by atoms with Crippen LogP contribution in [0.4, 0.5) is 4.79 Å². The lowest BCUT2D eigenvalue weighted by Gasteiger charge is -2.07. The third-order valence-electron chi connectivity index (χ3n) is 3.17. The summed E-state index contributed by atoms with van der Waals surface area (Å²) in [5, 5.41) is 12.5. The summed E-state index contributed by atoms with van der Waals surface area (Å²) in [5.41, 5.74) is 1.63. The van der Waals surface area contributed by atoms with E-state index >= 15 is 0 Å². The van der Waals surface area contributed by atoms with Crippen LogP contribution in [-0.4, -0.2) is 46.1 Å². The molecule has 0 spiro atoms. The van der Waals surface area contributed by atoms with Gasteiger partial charge in [0.15, 0.2) is 6.61 Å². The maximum absolute atomic E-state index is 12.0. The van der Waals surface area contributed by atoms with E-state index in [1.54, 1.807) is 22.9 Å². The highest BCUT2D eigenvalue weighted by atomic mass is 16.5. The van der Waals surface area contributed by atoms with Gasteiger partial charge < -0.3 is 10.1 Å². The quantitative estimate of drug-likeness (QED) is 0.757. The lowest BCUT2D eigenvalue weighted by atomic mass is 10.2. The summed E-state index contributed by atoms with van der Waals surface area (Å²) in [4.78, 5) is 34.8. The number of amides is 3. The number of nitrogens with one attached hydrogen (secondary N) is 2. The molecule has 0 bridgehead atoms. The third-order valence-corrected chi connectivity index (χ3v) is 3.17. The fourth-order valence-corrected chi connectivity index (χ4v) is 1.99. The van der Waals surface area contributed by atoms with Crippen LogP contribution in [0, 0.1) is 0 Å². The van der Waals surface area contributed by atoms with Crippen LogP contribution in [0.2, 0.25) is 0 Å². The minimum absolute atomic E-state index is 0.258. The molecule has 0 radical (unpaired) electrons. The standard InChI is InChI=1S/C15H19N5O4/c1-3-7-16-15(23)17-13(21)9-24-14(22)10-5-6-12-11(8-10)18-19-20(12)4-2/h5-6,8H,3-4,7,9H2,1-2H3,(H2,16,17,21,23). The zero-order chi connectivity index (χ0) is 17.5. The molecule has 1 aromatic heterocycles. The smallest absolute Gasteiger partial charge is 0.338 e. The first kappa shape index (κ1) is 17.4. The van der Waals surface area contributed by atoms with E-state index in [-0.39, 0.29) is 5.56 Å².